The lowest BCUT2D eigenvalue weighted by molar-refractivity contribution is -0.130. The fourth-order valence-corrected chi connectivity index (χ4v) is 5.39. The van der Waals surface area contributed by atoms with E-state index in [1.807, 2.05) is 35.2 Å². The molecule has 7 nitrogen and oxygen atoms in total. The van der Waals surface area contributed by atoms with Gasteiger partial charge in [0.05, 0.1) is 25.8 Å². The minimum Gasteiger partial charge on any atom is -0.508 e. The van der Waals surface area contributed by atoms with E-state index in [2.05, 4.69) is 30.8 Å². The highest BCUT2D eigenvalue weighted by atomic mass is 16.5. The predicted octanol–water partition coefficient (Wildman–Crippen LogP) is 4.88. The topological polar surface area (TPSA) is 83.1 Å². The second-order valence-electron chi connectivity index (χ2n) is 9.53. The number of rotatable bonds is 12. The van der Waals surface area contributed by atoms with Crippen LogP contribution < -0.4 is 20.3 Å². The molecule has 4 unspecified atom stereocenters. The average Bonchev–Trinajstić information content (AvgIpc) is 3.41. The molecule has 4 atom stereocenters. The van der Waals surface area contributed by atoms with Gasteiger partial charge in [0, 0.05) is 18.0 Å². The third kappa shape index (κ3) is 5.26. The van der Waals surface area contributed by atoms with E-state index in [9.17, 15) is 9.90 Å². The molecular formula is C28H39N3O4. The smallest absolute Gasteiger partial charge is 0.242 e. The maximum absolute atomic E-state index is 13.5. The third-order valence-electron chi connectivity index (χ3n) is 7.22. The Hall–Kier alpha value is -2.77. The number of nitrogens with one attached hydrogen (secondary N) is 2. The summed E-state index contributed by atoms with van der Waals surface area (Å²) in [6.45, 7) is 5.69. The lowest BCUT2D eigenvalue weighted by Gasteiger charge is -2.32. The van der Waals surface area contributed by atoms with E-state index in [0.29, 0.717) is 18.9 Å². The van der Waals surface area contributed by atoms with Crippen molar-refractivity contribution in [2.24, 2.45) is 5.92 Å². The van der Waals surface area contributed by atoms with Crippen molar-refractivity contribution < 1.29 is 19.4 Å². The van der Waals surface area contributed by atoms with Crippen molar-refractivity contribution in [1.29, 1.82) is 0 Å². The summed E-state index contributed by atoms with van der Waals surface area (Å²) in [5, 5.41) is 10.6. The number of nitrogens with zero attached hydrogens (tertiary/aromatic N) is 1. The number of benzene rings is 2. The van der Waals surface area contributed by atoms with E-state index in [-0.39, 0.29) is 35.7 Å². The first-order valence-corrected chi connectivity index (χ1v) is 13.0. The second kappa shape index (κ2) is 11.8. The molecule has 2 fully saturated rings. The number of phenols is 1. The molecule has 2 aliphatic rings. The second-order valence-corrected chi connectivity index (χ2v) is 9.53. The van der Waals surface area contributed by atoms with Gasteiger partial charge >= 0.3 is 0 Å². The standard InChI is InChI=1S/C28H39N3O4/c1-4-6-8-11-17-35-22-15-14-19(18-23(22)34-3)27-24-25(20-12-9-10-13-21(20)32)29-30-26(24)28(33)31(27)16-7-5-2/h9-10,12-15,18,24-27,29-30,32H,4-8,11,16-17H2,1-3H3. The molecule has 190 valence electrons. The molecule has 3 N–H and O–H groups in total. The summed E-state index contributed by atoms with van der Waals surface area (Å²) in [5.74, 6) is 1.65. The van der Waals surface area contributed by atoms with Crippen LogP contribution in [0.4, 0.5) is 0 Å². The molecule has 0 saturated carbocycles. The average molecular weight is 482 g/mol. The molecule has 35 heavy (non-hydrogen) atoms. The van der Waals surface area contributed by atoms with Gasteiger partial charge in [-0.2, -0.15) is 0 Å². The van der Waals surface area contributed by atoms with E-state index < -0.39 is 0 Å². The molecule has 2 aromatic rings. The Bertz CT molecular complexity index is 998. The van der Waals surface area contributed by atoms with E-state index in [1.165, 1.54) is 12.8 Å². The van der Waals surface area contributed by atoms with Gasteiger partial charge < -0.3 is 19.5 Å². The van der Waals surface area contributed by atoms with Crippen molar-refractivity contribution in [2.75, 3.05) is 20.3 Å². The van der Waals surface area contributed by atoms with Gasteiger partial charge in [0.1, 0.15) is 11.8 Å². The summed E-state index contributed by atoms with van der Waals surface area (Å²) >= 11 is 0. The molecular weight excluding hydrogens is 442 g/mol. The largest absolute Gasteiger partial charge is 0.508 e. The van der Waals surface area contributed by atoms with Crippen molar-refractivity contribution in [3.63, 3.8) is 0 Å². The fourth-order valence-electron chi connectivity index (χ4n) is 5.39. The van der Waals surface area contributed by atoms with Gasteiger partial charge in [-0.3, -0.25) is 4.79 Å². The molecule has 4 rings (SSSR count). The molecule has 0 bridgehead atoms. The Kier molecular flexibility index (Phi) is 8.52. The van der Waals surface area contributed by atoms with Crippen LogP contribution in [0.2, 0.25) is 0 Å². The monoisotopic (exact) mass is 481 g/mol. The number of methoxy groups -OCH3 is 1. The van der Waals surface area contributed by atoms with Gasteiger partial charge in [-0.15, -0.1) is 0 Å². The number of ether oxygens (including phenoxy) is 2. The lowest BCUT2D eigenvalue weighted by Crippen LogP contribution is -2.41. The SMILES string of the molecule is CCCCCCOc1ccc(C2C3C(NNC3c3ccccc3O)C(=O)N2CCCC)cc1OC. The molecule has 0 aliphatic carbocycles. The summed E-state index contributed by atoms with van der Waals surface area (Å²) in [4.78, 5) is 15.5. The summed E-state index contributed by atoms with van der Waals surface area (Å²) < 4.78 is 11.7. The van der Waals surface area contributed by atoms with Gasteiger partial charge in [0.15, 0.2) is 11.5 Å². The highest BCUT2D eigenvalue weighted by molar-refractivity contribution is 5.86. The van der Waals surface area contributed by atoms with Crippen LogP contribution in [0.1, 0.15) is 75.6 Å². The Labute approximate surface area is 208 Å². The molecule has 2 heterocycles. The van der Waals surface area contributed by atoms with Gasteiger partial charge in [-0.25, -0.2) is 10.9 Å². The highest BCUT2D eigenvalue weighted by Gasteiger charge is 2.55. The number of fused-ring (bicyclic) bond motifs is 1. The summed E-state index contributed by atoms with van der Waals surface area (Å²) in [6, 6.07) is 12.7. The number of carbonyl (C=O) groups is 1. The fraction of sp³-hybridized carbons (Fsp3) is 0.536. The molecule has 2 aromatic carbocycles. The number of aromatic hydroxyl groups is 1. The zero-order chi connectivity index (χ0) is 24.8. The first-order valence-electron chi connectivity index (χ1n) is 13.0. The van der Waals surface area contributed by atoms with Crippen LogP contribution in [0.3, 0.4) is 0 Å². The minimum atomic E-state index is -0.359. The number of hydrogen-bond acceptors (Lipinski definition) is 6. The molecule has 0 spiro atoms. The van der Waals surface area contributed by atoms with E-state index >= 15 is 0 Å². The normalized spacial score (nSPS) is 23.5. The van der Waals surface area contributed by atoms with Crippen LogP contribution in [-0.4, -0.2) is 42.2 Å². The first-order chi connectivity index (χ1) is 17.1. The summed E-state index contributed by atoms with van der Waals surface area (Å²) in [7, 11) is 1.66. The maximum atomic E-state index is 13.5. The number of carbonyl (C=O) groups excluding carboxylic acids is 1. The van der Waals surface area contributed by atoms with Crippen LogP contribution in [-0.2, 0) is 4.79 Å². The number of amides is 1. The summed E-state index contributed by atoms with van der Waals surface area (Å²) in [5.41, 5.74) is 8.33. The van der Waals surface area contributed by atoms with Gasteiger partial charge in [0.2, 0.25) is 5.91 Å². The van der Waals surface area contributed by atoms with Crippen LogP contribution >= 0.6 is 0 Å². The maximum Gasteiger partial charge on any atom is 0.242 e. The highest BCUT2D eigenvalue weighted by Crippen LogP contribution is 2.49. The Morgan fingerprint density at radius 2 is 1.71 bits per heavy atom. The molecule has 0 aromatic heterocycles. The summed E-state index contributed by atoms with van der Waals surface area (Å²) in [6.07, 6.45) is 6.53. The van der Waals surface area contributed by atoms with E-state index in [0.717, 1.165) is 42.6 Å². The number of unbranched alkanes of at least 4 members (excludes halogenated alkanes) is 4. The molecule has 2 saturated heterocycles. The van der Waals surface area contributed by atoms with Crippen molar-refractivity contribution >= 4 is 5.91 Å². The zero-order valence-electron chi connectivity index (χ0n) is 21.1. The van der Waals surface area contributed by atoms with E-state index in [4.69, 9.17) is 9.47 Å². The third-order valence-corrected chi connectivity index (χ3v) is 7.22. The van der Waals surface area contributed by atoms with Crippen molar-refractivity contribution in [3.05, 3.63) is 53.6 Å². The Balaban J connectivity index is 1.64. The van der Waals surface area contributed by atoms with Crippen LogP contribution in [0.25, 0.3) is 0 Å². The van der Waals surface area contributed by atoms with Crippen molar-refractivity contribution in [1.82, 2.24) is 15.8 Å². The quantitative estimate of drug-likeness (QED) is 0.375. The Morgan fingerprint density at radius 3 is 2.46 bits per heavy atom. The van der Waals surface area contributed by atoms with Crippen LogP contribution in [0, 0.1) is 5.92 Å². The molecule has 2 aliphatic heterocycles. The minimum absolute atomic E-state index is 0.0850. The number of phenolic OH excluding ortho intramolecular Hbond substituents is 1. The van der Waals surface area contributed by atoms with Gasteiger partial charge in [0.25, 0.3) is 0 Å². The number of likely N-dealkylation sites (tertiary alicyclic amines) is 1. The van der Waals surface area contributed by atoms with E-state index in [1.54, 1.807) is 13.2 Å². The van der Waals surface area contributed by atoms with Gasteiger partial charge in [-0.1, -0.05) is 63.8 Å². The predicted molar refractivity (Wildman–Crippen MR) is 136 cm³/mol. The zero-order valence-corrected chi connectivity index (χ0v) is 21.1. The van der Waals surface area contributed by atoms with Crippen LogP contribution in [0.15, 0.2) is 42.5 Å². The number of hydrazine groups is 1. The van der Waals surface area contributed by atoms with Crippen molar-refractivity contribution in [2.45, 2.75) is 70.5 Å². The van der Waals surface area contributed by atoms with Crippen LogP contribution in [0.5, 0.6) is 17.2 Å². The molecule has 1 amide bonds. The lowest BCUT2D eigenvalue weighted by atomic mass is 9.83. The Morgan fingerprint density at radius 1 is 0.943 bits per heavy atom. The molecule has 0 radical (unpaired) electrons. The number of para-hydroxylation sites is 1. The number of hydrogen-bond donors (Lipinski definition) is 3. The van der Waals surface area contributed by atoms with Crippen molar-refractivity contribution in [3.8, 4) is 17.2 Å². The first kappa shape index (κ1) is 25.3. The molecule has 7 heteroatoms. The van der Waals surface area contributed by atoms with Gasteiger partial charge in [-0.05, 0) is 36.6 Å².